The highest BCUT2D eigenvalue weighted by atomic mass is 32.2. The highest BCUT2D eigenvalue weighted by molar-refractivity contribution is 7.92. The summed E-state index contributed by atoms with van der Waals surface area (Å²) in [6.45, 7) is 2.35. The molecule has 0 saturated heterocycles. The molecule has 0 aliphatic rings. The Bertz CT molecular complexity index is 971. The maximum absolute atomic E-state index is 12.2. The van der Waals surface area contributed by atoms with E-state index in [0.717, 1.165) is 6.26 Å². The minimum Gasteiger partial charge on any atom is -0.493 e. The number of hydrogen-bond acceptors (Lipinski definition) is 6. The van der Waals surface area contributed by atoms with Crippen LogP contribution in [0, 0.1) is 0 Å². The molecule has 0 saturated carbocycles. The molecule has 0 spiro atoms. The Labute approximate surface area is 152 Å². The molecule has 7 nitrogen and oxygen atoms in total. The van der Waals surface area contributed by atoms with E-state index in [9.17, 15) is 8.42 Å². The van der Waals surface area contributed by atoms with E-state index in [2.05, 4.69) is 10.1 Å². The summed E-state index contributed by atoms with van der Waals surface area (Å²) in [5.41, 5.74) is 1.22. The number of para-hydroxylation sites is 2. The van der Waals surface area contributed by atoms with Gasteiger partial charge in [0.25, 0.3) is 0 Å². The third kappa shape index (κ3) is 4.02. The normalized spacial score (nSPS) is 11.3. The number of sulfonamides is 1. The zero-order valence-corrected chi connectivity index (χ0v) is 15.3. The van der Waals surface area contributed by atoms with Gasteiger partial charge in [-0.25, -0.2) is 8.42 Å². The summed E-state index contributed by atoms with van der Waals surface area (Å²) < 4.78 is 36.4. The second kappa shape index (κ2) is 7.57. The number of anilines is 1. The molecule has 0 N–H and O–H groups in total. The van der Waals surface area contributed by atoms with E-state index < -0.39 is 10.0 Å². The van der Waals surface area contributed by atoms with Gasteiger partial charge >= 0.3 is 0 Å². The van der Waals surface area contributed by atoms with E-state index in [1.807, 2.05) is 37.3 Å². The maximum atomic E-state index is 12.2. The van der Waals surface area contributed by atoms with Crippen LogP contribution < -0.4 is 9.04 Å². The SMILES string of the molecule is CCOc1ccccc1-c1noc(CN(c2ccccc2)S(C)(=O)=O)n1. The molecule has 8 heteroatoms. The van der Waals surface area contributed by atoms with Crippen LogP contribution in [0.2, 0.25) is 0 Å². The second-order valence-electron chi connectivity index (χ2n) is 5.55. The van der Waals surface area contributed by atoms with Crippen LogP contribution in [0.25, 0.3) is 11.4 Å². The summed E-state index contributed by atoms with van der Waals surface area (Å²) in [6.07, 6.45) is 1.14. The molecule has 1 aromatic heterocycles. The van der Waals surface area contributed by atoms with E-state index in [1.165, 1.54) is 4.31 Å². The molecular formula is C18H19N3O4S. The lowest BCUT2D eigenvalue weighted by Crippen LogP contribution is -2.29. The van der Waals surface area contributed by atoms with Gasteiger partial charge in [0.05, 0.1) is 24.1 Å². The Morgan fingerprint density at radius 1 is 1.08 bits per heavy atom. The topological polar surface area (TPSA) is 85.5 Å². The van der Waals surface area contributed by atoms with Crippen molar-refractivity contribution in [3.63, 3.8) is 0 Å². The standard InChI is InChI=1S/C18H19N3O4S/c1-3-24-16-12-8-7-11-15(16)18-19-17(25-20-18)13-21(26(2,22)23)14-9-5-4-6-10-14/h4-12H,3,13H2,1-2H3. The highest BCUT2D eigenvalue weighted by Gasteiger charge is 2.22. The van der Waals surface area contributed by atoms with Gasteiger partial charge in [0.15, 0.2) is 0 Å². The molecule has 3 aromatic rings. The molecule has 0 bridgehead atoms. The van der Waals surface area contributed by atoms with E-state index >= 15 is 0 Å². The zero-order chi connectivity index (χ0) is 18.6. The monoisotopic (exact) mass is 373 g/mol. The summed E-state index contributed by atoms with van der Waals surface area (Å²) >= 11 is 0. The number of hydrogen-bond donors (Lipinski definition) is 0. The number of aromatic nitrogens is 2. The van der Waals surface area contributed by atoms with Gasteiger partial charge in [-0.05, 0) is 31.2 Å². The highest BCUT2D eigenvalue weighted by Crippen LogP contribution is 2.28. The molecule has 26 heavy (non-hydrogen) atoms. The van der Waals surface area contributed by atoms with Gasteiger partial charge in [0.1, 0.15) is 12.3 Å². The fraction of sp³-hybridized carbons (Fsp3) is 0.222. The predicted octanol–water partition coefficient (Wildman–Crippen LogP) is 3.10. The first-order chi connectivity index (χ1) is 12.5. The molecule has 0 radical (unpaired) electrons. The molecular weight excluding hydrogens is 354 g/mol. The first-order valence-corrected chi connectivity index (χ1v) is 9.91. The quantitative estimate of drug-likeness (QED) is 0.633. The van der Waals surface area contributed by atoms with Gasteiger partial charge in [-0.3, -0.25) is 4.31 Å². The molecule has 0 atom stereocenters. The Morgan fingerprint density at radius 3 is 2.46 bits per heavy atom. The molecule has 0 fully saturated rings. The van der Waals surface area contributed by atoms with Gasteiger partial charge in [-0.2, -0.15) is 4.98 Å². The van der Waals surface area contributed by atoms with Crippen molar-refractivity contribution in [2.24, 2.45) is 0 Å². The van der Waals surface area contributed by atoms with Crippen LogP contribution in [0.15, 0.2) is 59.1 Å². The zero-order valence-electron chi connectivity index (χ0n) is 14.5. The Morgan fingerprint density at radius 2 is 1.77 bits per heavy atom. The van der Waals surface area contributed by atoms with Crippen molar-refractivity contribution >= 4 is 15.7 Å². The Balaban J connectivity index is 1.90. The maximum Gasteiger partial charge on any atom is 0.247 e. The van der Waals surface area contributed by atoms with Crippen LogP contribution >= 0.6 is 0 Å². The molecule has 2 aromatic carbocycles. The fourth-order valence-corrected chi connectivity index (χ4v) is 3.33. The second-order valence-corrected chi connectivity index (χ2v) is 7.45. The van der Waals surface area contributed by atoms with Gasteiger partial charge in [0, 0.05) is 0 Å². The molecule has 3 rings (SSSR count). The van der Waals surface area contributed by atoms with Gasteiger partial charge < -0.3 is 9.26 Å². The van der Waals surface area contributed by atoms with E-state index in [1.54, 1.807) is 24.3 Å². The smallest absolute Gasteiger partial charge is 0.247 e. The Hall–Kier alpha value is -2.87. The van der Waals surface area contributed by atoms with Crippen LogP contribution in [0.3, 0.4) is 0 Å². The number of ether oxygens (including phenoxy) is 1. The summed E-state index contributed by atoms with van der Waals surface area (Å²) in [5, 5.41) is 3.97. The minimum atomic E-state index is -3.51. The molecule has 0 unspecified atom stereocenters. The van der Waals surface area contributed by atoms with Crippen molar-refractivity contribution in [1.82, 2.24) is 10.1 Å². The summed E-state index contributed by atoms with van der Waals surface area (Å²) in [4.78, 5) is 4.34. The van der Waals surface area contributed by atoms with Gasteiger partial charge in [0.2, 0.25) is 21.7 Å². The van der Waals surface area contributed by atoms with Crippen molar-refractivity contribution in [1.29, 1.82) is 0 Å². The Kier molecular flexibility index (Phi) is 5.22. The predicted molar refractivity (Wildman–Crippen MR) is 98.4 cm³/mol. The molecule has 1 heterocycles. The number of rotatable bonds is 7. The molecule has 0 amide bonds. The lowest BCUT2D eigenvalue weighted by molar-refractivity contribution is 0.341. The third-order valence-electron chi connectivity index (χ3n) is 3.62. The number of nitrogens with zero attached hydrogens (tertiary/aromatic N) is 3. The van der Waals surface area contributed by atoms with Crippen LogP contribution in [-0.2, 0) is 16.6 Å². The minimum absolute atomic E-state index is 0.0490. The van der Waals surface area contributed by atoms with Crippen LogP contribution in [0.1, 0.15) is 12.8 Å². The first kappa shape index (κ1) is 17.9. The summed E-state index contributed by atoms with van der Waals surface area (Å²) in [7, 11) is -3.51. The van der Waals surface area contributed by atoms with Gasteiger partial charge in [-0.15, -0.1) is 0 Å². The van der Waals surface area contributed by atoms with Gasteiger partial charge in [-0.1, -0.05) is 35.5 Å². The molecule has 136 valence electrons. The molecule has 0 aliphatic carbocycles. The molecule has 0 aliphatic heterocycles. The summed E-state index contributed by atoms with van der Waals surface area (Å²) in [6, 6.07) is 16.1. The number of benzene rings is 2. The van der Waals surface area contributed by atoms with Crippen molar-refractivity contribution < 1.29 is 17.7 Å². The van der Waals surface area contributed by atoms with E-state index in [0.29, 0.717) is 29.4 Å². The van der Waals surface area contributed by atoms with Crippen molar-refractivity contribution in [3.8, 4) is 17.1 Å². The third-order valence-corrected chi connectivity index (χ3v) is 4.76. The summed E-state index contributed by atoms with van der Waals surface area (Å²) in [5.74, 6) is 1.19. The lowest BCUT2D eigenvalue weighted by atomic mass is 10.2. The first-order valence-electron chi connectivity index (χ1n) is 8.06. The van der Waals surface area contributed by atoms with Crippen molar-refractivity contribution in [3.05, 3.63) is 60.5 Å². The largest absolute Gasteiger partial charge is 0.493 e. The average Bonchev–Trinajstić information content (AvgIpc) is 3.09. The lowest BCUT2D eigenvalue weighted by Gasteiger charge is -2.20. The van der Waals surface area contributed by atoms with Crippen LogP contribution in [0.4, 0.5) is 5.69 Å². The van der Waals surface area contributed by atoms with Crippen molar-refractivity contribution in [2.75, 3.05) is 17.2 Å². The fourth-order valence-electron chi connectivity index (χ4n) is 2.48. The van der Waals surface area contributed by atoms with Crippen LogP contribution in [-0.4, -0.2) is 31.4 Å². The van der Waals surface area contributed by atoms with Crippen LogP contribution in [0.5, 0.6) is 5.75 Å². The average molecular weight is 373 g/mol. The van der Waals surface area contributed by atoms with E-state index in [4.69, 9.17) is 9.26 Å². The van der Waals surface area contributed by atoms with E-state index in [-0.39, 0.29) is 12.4 Å². The van der Waals surface area contributed by atoms with Crippen molar-refractivity contribution in [2.45, 2.75) is 13.5 Å².